The predicted molar refractivity (Wildman–Crippen MR) is 35.9 cm³/mol. The first kappa shape index (κ1) is 52.4. The van der Waals surface area contributed by atoms with Crippen molar-refractivity contribution < 1.29 is 59.6 Å². The van der Waals surface area contributed by atoms with Gasteiger partial charge in [0.15, 0.2) is 0 Å². The van der Waals surface area contributed by atoms with Crippen LogP contribution in [0.3, 0.4) is 0 Å². The summed E-state index contributed by atoms with van der Waals surface area (Å²) in [6.07, 6.45) is 0. The van der Waals surface area contributed by atoms with Gasteiger partial charge in [-0.05, 0) is 0 Å². The third kappa shape index (κ3) is 927. The van der Waals surface area contributed by atoms with Gasteiger partial charge in [-0.25, -0.2) is 0 Å². The third-order valence-electron chi connectivity index (χ3n) is 0. The van der Waals surface area contributed by atoms with Crippen molar-refractivity contribution in [2.24, 2.45) is 0 Å². The van der Waals surface area contributed by atoms with E-state index in [9.17, 15) is 0 Å². The second-order valence-electron chi connectivity index (χ2n) is 0.447. The molecular weight excluding hydrogens is 295 g/mol. The van der Waals surface area contributed by atoms with Crippen LogP contribution in [0.2, 0.25) is 0 Å². The van der Waals surface area contributed by atoms with Gasteiger partial charge in [0.05, 0.1) is 10.2 Å². The van der Waals surface area contributed by atoms with E-state index in [-0.39, 0.29) is 21.9 Å². The Hall–Kier alpha value is -1.08. The van der Waals surface area contributed by atoms with Crippen molar-refractivity contribution in [1.29, 1.82) is 0 Å². The summed E-state index contributed by atoms with van der Waals surface area (Å²) in [5.41, 5.74) is 0. The second kappa shape index (κ2) is 58.7. The van der Waals surface area contributed by atoms with E-state index in [4.69, 9.17) is 33.5 Å². The standard InChI is InChI=1S/2NO3.4H2O.O.Zr/c2*2-1(3)4;;;;;;/h;;4*1H2;;/q2*-1;;;;;;+2. The van der Waals surface area contributed by atoms with Crippen LogP contribution in [-0.4, -0.2) is 32.1 Å². The van der Waals surface area contributed by atoms with Crippen LogP contribution < -0.4 is 0 Å². The van der Waals surface area contributed by atoms with Crippen LogP contribution in [-0.2, 0) is 27.5 Å². The molecule has 0 aliphatic heterocycles. The number of nitrogens with zero attached hydrogens (tertiary/aromatic N) is 2. The molecule has 0 amide bonds. The summed E-state index contributed by atoms with van der Waals surface area (Å²) in [7, 11) is 0. The SMILES string of the molecule is O.O.O.O.O=[N+]([O-])[O-].O=[N+]([O-])[O-].[O]=[Zr+2]. The van der Waals surface area contributed by atoms with Gasteiger partial charge in [-0.1, -0.05) is 0 Å². The van der Waals surface area contributed by atoms with E-state index in [2.05, 4.69) is 0 Å². The Morgan fingerprint density at radius 2 is 0.643 bits per heavy atom. The summed E-state index contributed by atoms with van der Waals surface area (Å²) in [6, 6.07) is 0. The van der Waals surface area contributed by atoms with Gasteiger partial charge in [0, 0.05) is 0 Å². The summed E-state index contributed by atoms with van der Waals surface area (Å²) in [5.74, 6) is 0. The van der Waals surface area contributed by atoms with E-state index in [0.717, 1.165) is 0 Å². The van der Waals surface area contributed by atoms with Crippen molar-refractivity contribution >= 4 is 0 Å². The van der Waals surface area contributed by atoms with Crippen molar-refractivity contribution in [2.75, 3.05) is 0 Å². The molecule has 0 saturated carbocycles. The molecule has 88 valence electrons. The van der Waals surface area contributed by atoms with Crippen molar-refractivity contribution in [3.63, 3.8) is 0 Å². The van der Waals surface area contributed by atoms with Crippen molar-refractivity contribution in [2.45, 2.75) is 0 Å². The minimum absolute atomic E-state index is 0. The van der Waals surface area contributed by atoms with E-state index < -0.39 is 10.2 Å². The molecule has 0 bridgehead atoms. The number of rotatable bonds is 0. The summed E-state index contributed by atoms with van der Waals surface area (Å²) < 4.78 is 8.34. The fourth-order valence-electron chi connectivity index (χ4n) is 0. The Kier molecular flexibility index (Phi) is 220. The summed E-state index contributed by atoms with van der Waals surface area (Å²) in [6.45, 7) is 0. The van der Waals surface area contributed by atoms with Crippen molar-refractivity contribution in [3.05, 3.63) is 30.6 Å². The Morgan fingerprint density at radius 3 is 0.643 bits per heavy atom. The van der Waals surface area contributed by atoms with Gasteiger partial charge < -0.3 is 52.5 Å². The van der Waals surface area contributed by atoms with Gasteiger partial charge in [0.25, 0.3) is 0 Å². The van der Waals surface area contributed by atoms with Gasteiger partial charge in [-0.15, -0.1) is 0 Å². The third-order valence-corrected chi connectivity index (χ3v) is 0. The Labute approximate surface area is 90.7 Å². The van der Waals surface area contributed by atoms with Crippen molar-refractivity contribution in [1.82, 2.24) is 0 Å². The molecule has 0 heterocycles. The summed E-state index contributed by atoms with van der Waals surface area (Å²) in [4.78, 5) is 16.5. The molecule has 0 radical (unpaired) electrons. The zero-order chi connectivity index (χ0) is 9.15. The minimum atomic E-state index is -1.75. The van der Waals surface area contributed by atoms with Crippen LogP contribution in [0.5, 0.6) is 0 Å². The normalized spacial score (nSPS) is 3.86. The molecule has 0 aromatic rings. The monoisotopic (exact) mass is 302 g/mol. The molecule has 0 spiro atoms. The van der Waals surface area contributed by atoms with E-state index in [1.165, 1.54) is 0 Å². The summed E-state index contributed by atoms with van der Waals surface area (Å²) in [5, 5.41) is 29.5. The molecule has 0 rings (SSSR count). The van der Waals surface area contributed by atoms with Crippen LogP contribution >= 0.6 is 0 Å². The molecule has 0 saturated heterocycles. The van der Waals surface area contributed by atoms with E-state index in [1.807, 2.05) is 0 Å². The molecule has 0 fully saturated rings. The molecular formula is H8N2O11Zr. The quantitative estimate of drug-likeness (QED) is 0.316. The Morgan fingerprint density at radius 1 is 0.643 bits per heavy atom. The number of hydrogen-bond donors (Lipinski definition) is 0. The van der Waals surface area contributed by atoms with Gasteiger partial charge in [0.2, 0.25) is 0 Å². The molecule has 0 aromatic heterocycles. The van der Waals surface area contributed by atoms with Crippen LogP contribution in [0.4, 0.5) is 0 Å². The topological polar surface area (TPSA) is 275 Å². The molecule has 0 aromatic carbocycles. The fourth-order valence-corrected chi connectivity index (χ4v) is 0. The van der Waals surface area contributed by atoms with Crippen molar-refractivity contribution in [3.8, 4) is 0 Å². The first-order valence-corrected chi connectivity index (χ1v) is 2.30. The Bertz CT molecular complexity index is 81.5. The van der Waals surface area contributed by atoms with Crippen LogP contribution in [0, 0.1) is 30.6 Å². The van der Waals surface area contributed by atoms with Gasteiger partial charge in [0.1, 0.15) is 0 Å². The van der Waals surface area contributed by atoms with Gasteiger partial charge in [-0.2, -0.15) is 0 Å². The van der Waals surface area contributed by atoms with Gasteiger partial charge in [-0.3, -0.25) is 0 Å². The van der Waals surface area contributed by atoms with Gasteiger partial charge >= 0.3 is 27.5 Å². The zero-order valence-electron chi connectivity index (χ0n) is 6.25. The second-order valence-corrected chi connectivity index (χ2v) is 0.447. The average molecular weight is 303 g/mol. The molecule has 8 N–H and O–H groups in total. The molecule has 14 heteroatoms. The van der Waals surface area contributed by atoms with E-state index in [0.29, 0.717) is 24.7 Å². The molecule has 0 aliphatic carbocycles. The average Bonchev–Trinajstić information content (AvgIpc) is 1.66. The first-order valence-electron chi connectivity index (χ1n) is 1.30. The van der Waals surface area contributed by atoms with Crippen LogP contribution in [0.1, 0.15) is 0 Å². The van der Waals surface area contributed by atoms with E-state index in [1.54, 1.807) is 0 Å². The maximum atomic E-state index is 8.34. The first-order chi connectivity index (χ1) is 4.46. The number of hydrogen-bond acceptors (Lipinski definition) is 7. The van der Waals surface area contributed by atoms with Crippen LogP contribution in [0.15, 0.2) is 0 Å². The Balaban J connectivity index is -0.00000000957. The van der Waals surface area contributed by atoms with E-state index >= 15 is 0 Å². The maximum absolute atomic E-state index is 8.34. The molecule has 0 atom stereocenters. The molecule has 13 nitrogen and oxygen atoms in total. The van der Waals surface area contributed by atoms with Crippen LogP contribution in [0.25, 0.3) is 0 Å². The predicted octanol–water partition coefficient (Wildman–Crippen LogP) is -3.90. The molecule has 0 aliphatic rings. The fraction of sp³-hybridized carbons (Fsp3) is 0. The summed E-state index contributed by atoms with van der Waals surface area (Å²) >= 11 is 0.300. The molecule has 0 unspecified atom stereocenters. The molecule has 14 heavy (non-hydrogen) atoms. The zero-order valence-corrected chi connectivity index (χ0v) is 8.71.